The lowest BCUT2D eigenvalue weighted by Crippen LogP contribution is -2.72. The highest BCUT2D eigenvalue weighted by Gasteiger charge is 2.50. The van der Waals surface area contributed by atoms with Gasteiger partial charge >= 0.3 is 6.09 Å². The van der Waals surface area contributed by atoms with Crippen LogP contribution in [0.25, 0.3) is 0 Å². The van der Waals surface area contributed by atoms with Crippen molar-refractivity contribution in [3.8, 4) is 0 Å². The number of nitrogens with zero attached hydrogens (tertiary/aromatic N) is 4. The van der Waals surface area contributed by atoms with Crippen molar-refractivity contribution in [1.82, 2.24) is 20.2 Å². The number of likely N-dealkylation sites (tertiary alicyclic amines) is 1. The Kier molecular flexibility index (Phi) is 7.71. The van der Waals surface area contributed by atoms with E-state index in [4.69, 9.17) is 14.2 Å². The number of hydrogen-bond donors (Lipinski definition) is 1. The van der Waals surface area contributed by atoms with Gasteiger partial charge in [0, 0.05) is 19.6 Å². The molecule has 188 valence electrons. The third kappa shape index (κ3) is 5.69. The fraction of sp³-hybridized carbons (Fsp3) is 0.714. The lowest BCUT2D eigenvalue weighted by atomic mass is 9.81. The van der Waals surface area contributed by atoms with Crippen LogP contribution in [0.15, 0.2) is 12.4 Å². The van der Waals surface area contributed by atoms with Crippen molar-refractivity contribution >= 4 is 17.9 Å². The number of halogens is 3. The Morgan fingerprint density at radius 3 is 2.68 bits per heavy atom. The van der Waals surface area contributed by atoms with Crippen LogP contribution in [-0.4, -0.2) is 97.0 Å². The fourth-order valence-electron chi connectivity index (χ4n) is 4.78. The number of morpholine rings is 1. The lowest BCUT2D eigenvalue weighted by molar-refractivity contribution is -0.144. The number of carbonyl (C=O) groups excluding carboxylic acids is 2. The summed E-state index contributed by atoms with van der Waals surface area (Å²) in [5.74, 6) is -0.355. The second-order valence-corrected chi connectivity index (χ2v) is 8.70. The molecule has 13 heteroatoms. The third-order valence-electron chi connectivity index (χ3n) is 6.41. The summed E-state index contributed by atoms with van der Waals surface area (Å²) < 4.78 is 54.7. The summed E-state index contributed by atoms with van der Waals surface area (Å²) in [6, 6.07) is -0.630. The van der Waals surface area contributed by atoms with Crippen molar-refractivity contribution in [2.24, 2.45) is 0 Å². The zero-order chi connectivity index (χ0) is 24.1. The quantitative estimate of drug-likeness (QED) is 0.641. The molecule has 0 saturated carbocycles. The highest BCUT2D eigenvalue weighted by atomic mass is 19.3. The Morgan fingerprint density at radius 2 is 2.00 bits per heavy atom. The average molecular weight is 487 g/mol. The number of aromatic nitrogens is 2. The molecule has 2 amide bonds. The van der Waals surface area contributed by atoms with Crippen LogP contribution in [0.3, 0.4) is 0 Å². The largest absolute Gasteiger partial charge is 0.443 e. The molecule has 4 rings (SSSR count). The standard InChI is InChI=1S/C21H28F3N5O5/c22-14-8-25-19(26-9-14)28-6-2-15(3-7-28)33-10-16-21(13-32-12-18(30)27-21)4-1-5-29(16)20(31)34-11-17(23)24/h8-9,15-17H,1-7,10-13H2,(H,27,30)/t16-,21+/m1/s1. The molecule has 3 aliphatic heterocycles. The van der Waals surface area contributed by atoms with Gasteiger partial charge in [-0.15, -0.1) is 0 Å². The number of nitrogens with one attached hydrogen (secondary N) is 1. The number of alkyl halides is 2. The summed E-state index contributed by atoms with van der Waals surface area (Å²) in [4.78, 5) is 36.0. The molecule has 0 bridgehead atoms. The normalized spacial score (nSPS) is 26.1. The van der Waals surface area contributed by atoms with Gasteiger partial charge in [0.1, 0.15) is 6.61 Å². The maximum absolute atomic E-state index is 13.1. The Hall–Kier alpha value is -2.67. The lowest BCUT2D eigenvalue weighted by Gasteiger charge is -2.51. The van der Waals surface area contributed by atoms with Crippen molar-refractivity contribution in [3.63, 3.8) is 0 Å². The summed E-state index contributed by atoms with van der Waals surface area (Å²) in [6.45, 7) is 0.709. The number of rotatable bonds is 6. The molecular weight excluding hydrogens is 459 g/mol. The minimum absolute atomic E-state index is 0.0743. The van der Waals surface area contributed by atoms with E-state index in [1.807, 2.05) is 4.90 Å². The van der Waals surface area contributed by atoms with E-state index >= 15 is 0 Å². The van der Waals surface area contributed by atoms with Crippen LogP contribution in [0.1, 0.15) is 25.7 Å². The third-order valence-corrected chi connectivity index (χ3v) is 6.41. The van der Waals surface area contributed by atoms with Gasteiger partial charge in [-0.25, -0.2) is 27.9 Å². The smallest absolute Gasteiger partial charge is 0.410 e. The van der Waals surface area contributed by atoms with E-state index in [0.717, 1.165) is 12.4 Å². The number of ether oxygens (including phenoxy) is 3. The average Bonchev–Trinajstić information content (AvgIpc) is 2.82. The van der Waals surface area contributed by atoms with Crippen LogP contribution in [0.5, 0.6) is 0 Å². The summed E-state index contributed by atoms with van der Waals surface area (Å²) in [5.41, 5.74) is -0.875. The van der Waals surface area contributed by atoms with Gasteiger partial charge in [0.25, 0.3) is 6.43 Å². The van der Waals surface area contributed by atoms with Gasteiger partial charge in [-0.05, 0) is 25.7 Å². The molecule has 1 aromatic rings. The van der Waals surface area contributed by atoms with Crippen LogP contribution in [0, 0.1) is 5.82 Å². The SMILES string of the molecule is O=C1COC[C@]2(CCCN(C(=O)OCC(F)F)[C@@H]2COC2CCN(c3ncc(F)cn3)CC2)N1. The molecule has 3 saturated heterocycles. The van der Waals surface area contributed by atoms with Crippen LogP contribution < -0.4 is 10.2 Å². The van der Waals surface area contributed by atoms with Crippen molar-refractivity contribution in [1.29, 1.82) is 0 Å². The molecule has 0 aliphatic carbocycles. The van der Waals surface area contributed by atoms with Gasteiger partial charge in [-0.3, -0.25) is 4.79 Å². The summed E-state index contributed by atoms with van der Waals surface area (Å²) in [5, 5.41) is 2.96. The first-order valence-electron chi connectivity index (χ1n) is 11.3. The maximum atomic E-state index is 13.1. The van der Waals surface area contributed by atoms with E-state index in [9.17, 15) is 22.8 Å². The molecule has 3 aliphatic rings. The predicted molar refractivity (Wildman–Crippen MR) is 112 cm³/mol. The number of amides is 2. The Morgan fingerprint density at radius 1 is 1.26 bits per heavy atom. The number of hydrogen-bond acceptors (Lipinski definition) is 8. The van der Waals surface area contributed by atoms with Gasteiger partial charge in [-0.2, -0.15) is 0 Å². The van der Waals surface area contributed by atoms with Crippen LogP contribution >= 0.6 is 0 Å². The summed E-state index contributed by atoms with van der Waals surface area (Å²) >= 11 is 0. The van der Waals surface area contributed by atoms with Gasteiger partial charge in [0.05, 0.1) is 43.3 Å². The monoisotopic (exact) mass is 487 g/mol. The van der Waals surface area contributed by atoms with Gasteiger partial charge in [0.2, 0.25) is 11.9 Å². The Bertz CT molecular complexity index is 852. The van der Waals surface area contributed by atoms with Crippen molar-refractivity contribution in [2.75, 3.05) is 51.0 Å². The molecule has 0 aromatic carbocycles. The van der Waals surface area contributed by atoms with Crippen LogP contribution in [0.2, 0.25) is 0 Å². The topological polar surface area (TPSA) is 106 Å². The molecule has 0 unspecified atom stereocenters. The number of carbonyl (C=O) groups is 2. The Balaban J connectivity index is 1.40. The first-order valence-corrected chi connectivity index (χ1v) is 11.3. The van der Waals surface area contributed by atoms with Gasteiger partial charge < -0.3 is 29.3 Å². The maximum Gasteiger partial charge on any atom is 0.410 e. The van der Waals surface area contributed by atoms with Gasteiger partial charge in [0.15, 0.2) is 12.4 Å². The van der Waals surface area contributed by atoms with E-state index in [0.29, 0.717) is 51.3 Å². The van der Waals surface area contributed by atoms with E-state index in [2.05, 4.69) is 15.3 Å². The first kappa shape index (κ1) is 24.5. The van der Waals surface area contributed by atoms with E-state index < -0.39 is 36.5 Å². The minimum Gasteiger partial charge on any atom is -0.443 e. The molecule has 1 spiro atoms. The molecule has 4 heterocycles. The molecule has 1 aromatic heterocycles. The van der Waals surface area contributed by atoms with Crippen molar-refractivity contribution < 1.29 is 37.0 Å². The zero-order valence-electron chi connectivity index (χ0n) is 18.6. The number of anilines is 1. The zero-order valence-corrected chi connectivity index (χ0v) is 18.6. The van der Waals surface area contributed by atoms with E-state index in [1.165, 1.54) is 4.90 Å². The number of piperidine rings is 2. The molecular formula is C21H28F3N5O5. The van der Waals surface area contributed by atoms with Crippen LogP contribution in [-0.2, 0) is 19.0 Å². The molecule has 1 N–H and O–H groups in total. The van der Waals surface area contributed by atoms with Crippen molar-refractivity contribution in [3.05, 3.63) is 18.2 Å². The second kappa shape index (κ2) is 10.7. The molecule has 3 fully saturated rings. The summed E-state index contributed by atoms with van der Waals surface area (Å²) in [7, 11) is 0. The second-order valence-electron chi connectivity index (χ2n) is 8.70. The van der Waals surface area contributed by atoms with E-state index in [-0.39, 0.29) is 31.8 Å². The predicted octanol–water partition coefficient (Wildman–Crippen LogP) is 1.35. The minimum atomic E-state index is -2.77. The molecule has 0 radical (unpaired) electrons. The summed E-state index contributed by atoms with van der Waals surface area (Å²) in [6.07, 6.45) is 0.895. The molecule has 2 atom stereocenters. The molecule has 10 nitrogen and oxygen atoms in total. The first-order chi connectivity index (χ1) is 16.4. The highest BCUT2D eigenvalue weighted by Crippen LogP contribution is 2.32. The van der Waals surface area contributed by atoms with Gasteiger partial charge in [-0.1, -0.05) is 0 Å². The molecule has 34 heavy (non-hydrogen) atoms. The van der Waals surface area contributed by atoms with Crippen LogP contribution in [0.4, 0.5) is 23.9 Å². The fourth-order valence-corrected chi connectivity index (χ4v) is 4.78. The Labute approximate surface area is 194 Å². The van der Waals surface area contributed by atoms with Crippen molar-refractivity contribution in [2.45, 2.75) is 49.8 Å². The van der Waals surface area contributed by atoms with E-state index in [1.54, 1.807) is 0 Å². The highest BCUT2D eigenvalue weighted by molar-refractivity contribution is 5.79.